The van der Waals surface area contributed by atoms with Gasteiger partial charge in [-0.05, 0) is 13.3 Å². The lowest BCUT2D eigenvalue weighted by atomic mass is 10.3. The summed E-state index contributed by atoms with van der Waals surface area (Å²) >= 11 is 0. The first-order valence-electron chi connectivity index (χ1n) is 10.4. The maximum atomic E-state index is 11.7. The van der Waals surface area contributed by atoms with E-state index in [4.69, 9.17) is 14.0 Å². The molecule has 0 bridgehead atoms. The molecule has 0 aromatic carbocycles. The molecule has 1 aromatic heterocycles. The molecule has 0 saturated carbocycles. The summed E-state index contributed by atoms with van der Waals surface area (Å²) in [6.07, 6.45) is 3.32. The number of hydrogen-bond donors (Lipinski definition) is 3. The van der Waals surface area contributed by atoms with E-state index in [1.165, 1.54) is 23.3 Å². The van der Waals surface area contributed by atoms with Gasteiger partial charge in [0.1, 0.15) is 12.5 Å². The van der Waals surface area contributed by atoms with Crippen LogP contribution in [-0.4, -0.2) is 53.7 Å². The van der Waals surface area contributed by atoms with Gasteiger partial charge in [0.25, 0.3) is 14.1 Å². The summed E-state index contributed by atoms with van der Waals surface area (Å²) in [5, 5.41) is 2.79. The van der Waals surface area contributed by atoms with Crippen LogP contribution < -0.4 is 16.3 Å². The van der Waals surface area contributed by atoms with Gasteiger partial charge in [0.05, 0.1) is 19.3 Å². The van der Waals surface area contributed by atoms with Crippen molar-refractivity contribution in [3.05, 3.63) is 33.1 Å². The van der Waals surface area contributed by atoms with E-state index in [1.807, 2.05) is 20.8 Å². The van der Waals surface area contributed by atoms with Gasteiger partial charge in [0.2, 0.25) is 0 Å². The summed E-state index contributed by atoms with van der Waals surface area (Å²) in [4.78, 5) is 44.1. The zero-order valence-corrected chi connectivity index (χ0v) is 20.7. The predicted octanol–water partition coefficient (Wildman–Crippen LogP) is 2.58. The van der Waals surface area contributed by atoms with Gasteiger partial charge in [-0.1, -0.05) is 41.0 Å². The number of rotatable bonds is 12. The number of carbonyl (C=O) groups is 1. The van der Waals surface area contributed by atoms with Crippen LogP contribution in [0.1, 0.15) is 60.6 Å². The monoisotopic (exact) mass is 465 g/mol. The average Bonchev–Trinajstić information content (AvgIpc) is 2.72. The van der Waals surface area contributed by atoms with Crippen molar-refractivity contribution in [2.24, 2.45) is 5.92 Å². The molecule has 3 unspecified atom stereocenters. The van der Waals surface area contributed by atoms with Crippen molar-refractivity contribution in [3.8, 4) is 0 Å². The summed E-state index contributed by atoms with van der Waals surface area (Å²) in [6, 6.07) is 1.26. The maximum absolute atomic E-state index is 11.7. The lowest BCUT2D eigenvalue weighted by Gasteiger charge is -2.23. The van der Waals surface area contributed by atoms with Gasteiger partial charge in [0, 0.05) is 31.8 Å². The number of carbonyl (C=O) groups excluding carboxylic acids is 1. The average molecular weight is 466 g/mol. The third-order valence-electron chi connectivity index (χ3n) is 3.30. The molecule has 10 nitrogen and oxygen atoms in total. The third kappa shape index (κ3) is 17.9. The van der Waals surface area contributed by atoms with Crippen LogP contribution >= 0.6 is 8.53 Å². The normalized spacial score (nSPS) is 13.3. The first-order chi connectivity index (χ1) is 14.7. The number of aldehydes is 1. The number of ether oxygens (including phenoxy) is 2. The van der Waals surface area contributed by atoms with Crippen molar-refractivity contribution >= 4 is 14.8 Å². The lowest BCUT2D eigenvalue weighted by Crippen LogP contribution is -2.33. The van der Waals surface area contributed by atoms with Crippen molar-refractivity contribution in [1.29, 1.82) is 0 Å². The molecule has 1 rings (SSSR count). The summed E-state index contributed by atoms with van der Waals surface area (Å²) < 4.78 is 17.2. The second kappa shape index (κ2) is 20.5. The molecule has 1 aromatic rings. The lowest BCUT2D eigenvalue weighted by molar-refractivity contribution is -0.110. The van der Waals surface area contributed by atoms with E-state index >= 15 is 0 Å². The van der Waals surface area contributed by atoms with E-state index in [0.717, 1.165) is 6.29 Å². The van der Waals surface area contributed by atoms with Crippen molar-refractivity contribution in [3.63, 3.8) is 0 Å². The minimum absolute atomic E-state index is 0.182. The fourth-order valence-corrected chi connectivity index (χ4v) is 2.44. The Morgan fingerprint density at radius 1 is 1.26 bits per heavy atom. The number of aromatic amines is 1. The van der Waals surface area contributed by atoms with Crippen LogP contribution in [-0.2, 0) is 18.8 Å². The van der Waals surface area contributed by atoms with E-state index in [0.29, 0.717) is 19.6 Å². The quantitative estimate of drug-likeness (QED) is 0.244. The van der Waals surface area contributed by atoms with E-state index in [1.54, 1.807) is 14.0 Å². The number of nitrogens with zero attached hydrogens (tertiary/aromatic N) is 1. The van der Waals surface area contributed by atoms with Gasteiger partial charge < -0.3 is 23.7 Å². The molecule has 0 radical (unpaired) electrons. The van der Waals surface area contributed by atoms with Crippen molar-refractivity contribution in [2.45, 2.75) is 66.7 Å². The second-order valence-corrected chi connectivity index (χ2v) is 7.96. The van der Waals surface area contributed by atoms with Gasteiger partial charge in [-0.2, -0.15) is 0 Å². The molecule has 0 amide bonds. The Morgan fingerprint density at radius 3 is 2.29 bits per heavy atom. The van der Waals surface area contributed by atoms with Gasteiger partial charge in [0.15, 0.2) is 0 Å². The Hall–Kier alpha value is -1.42. The number of H-pyrrole nitrogens is 1. The second-order valence-electron chi connectivity index (χ2n) is 6.84. The van der Waals surface area contributed by atoms with E-state index in [2.05, 4.69) is 23.9 Å². The highest BCUT2D eigenvalue weighted by Crippen LogP contribution is 2.26. The van der Waals surface area contributed by atoms with Gasteiger partial charge in [-0.3, -0.25) is 14.3 Å². The summed E-state index contributed by atoms with van der Waals surface area (Å²) in [7, 11) is -0.174. The molecule has 0 aliphatic heterocycles. The van der Waals surface area contributed by atoms with E-state index < -0.39 is 26.0 Å². The highest BCUT2D eigenvalue weighted by atomic mass is 31.2. The molecule has 1 heterocycles. The fraction of sp³-hybridized carbons (Fsp3) is 0.750. The summed E-state index contributed by atoms with van der Waals surface area (Å²) in [5.41, 5.74) is -0.992. The van der Waals surface area contributed by atoms with Gasteiger partial charge in [-0.25, -0.2) is 9.88 Å². The topological polar surface area (TPSA) is 132 Å². The number of methoxy groups -OCH3 is 1. The van der Waals surface area contributed by atoms with Crippen molar-refractivity contribution < 1.29 is 23.7 Å². The Balaban J connectivity index is 0. The van der Waals surface area contributed by atoms with Crippen LogP contribution in [0.3, 0.4) is 0 Å². The van der Waals surface area contributed by atoms with Crippen LogP contribution in [0.25, 0.3) is 0 Å². The van der Waals surface area contributed by atoms with Crippen molar-refractivity contribution in [2.75, 3.05) is 26.9 Å². The first kappa shape index (κ1) is 31.8. The first-order valence-corrected chi connectivity index (χ1v) is 11.6. The Morgan fingerprint density at radius 2 is 1.84 bits per heavy atom. The molecule has 0 aliphatic rings. The molecule has 31 heavy (non-hydrogen) atoms. The van der Waals surface area contributed by atoms with Crippen LogP contribution in [0.5, 0.6) is 0 Å². The standard InChI is InChI=1S/C13H24N3O6P.C4H8O.C3H8/c1-4-11(9-21-23(19)14-6-8-20-3)22-10(2)16-7-5-12(17)15-13(16)18;1-4(2)3-5;1-3-2/h5,7,10-11,14,19H,4,6,8-9H2,1-3H3,(H,15,17,18);3-4H,1-2H3;3H2,1-2H3. The SMILES string of the molecule is CC(C)C=O.CCC.CCC(COP(O)NCCOC)OC(C)n1ccc(=O)[nH]c1=O. The van der Waals surface area contributed by atoms with Gasteiger partial charge in [-0.15, -0.1) is 0 Å². The van der Waals surface area contributed by atoms with E-state index in [-0.39, 0.29) is 18.6 Å². The number of nitrogens with one attached hydrogen (secondary N) is 2. The zero-order valence-electron chi connectivity index (χ0n) is 19.8. The van der Waals surface area contributed by atoms with Gasteiger partial charge >= 0.3 is 5.69 Å². The smallest absolute Gasteiger partial charge is 0.330 e. The molecule has 0 fully saturated rings. The number of hydrogen-bond acceptors (Lipinski definition) is 8. The molecule has 182 valence electrons. The predicted molar refractivity (Wildman–Crippen MR) is 123 cm³/mol. The highest BCUT2D eigenvalue weighted by molar-refractivity contribution is 7.43. The zero-order chi connectivity index (χ0) is 24.2. The van der Waals surface area contributed by atoms with Crippen LogP contribution in [0.4, 0.5) is 0 Å². The molecule has 3 N–H and O–H groups in total. The Kier molecular flexibility index (Phi) is 21.0. The largest absolute Gasteiger partial charge is 0.383 e. The Bertz CT molecular complexity index is 667. The molecule has 11 heteroatoms. The molecule has 0 saturated heterocycles. The molecular formula is C20H40N3O7P. The molecule has 0 aliphatic carbocycles. The summed E-state index contributed by atoms with van der Waals surface area (Å²) in [5.74, 6) is 0.204. The minimum Gasteiger partial charge on any atom is -0.383 e. The van der Waals surface area contributed by atoms with E-state index in [9.17, 15) is 19.3 Å². The van der Waals surface area contributed by atoms with Crippen LogP contribution in [0.15, 0.2) is 21.9 Å². The molecule has 3 atom stereocenters. The van der Waals surface area contributed by atoms with Crippen LogP contribution in [0, 0.1) is 5.92 Å². The van der Waals surface area contributed by atoms with Crippen molar-refractivity contribution in [1.82, 2.24) is 14.6 Å². The minimum atomic E-state index is -1.75. The highest BCUT2D eigenvalue weighted by Gasteiger charge is 2.16. The molecule has 0 spiro atoms. The Labute approximate surface area is 186 Å². The number of aromatic nitrogens is 2. The maximum Gasteiger partial charge on any atom is 0.330 e. The summed E-state index contributed by atoms with van der Waals surface area (Å²) in [6.45, 7) is 12.7. The third-order valence-corrected chi connectivity index (χ3v) is 4.18. The fourth-order valence-electron chi connectivity index (χ4n) is 1.75. The molecular weight excluding hydrogens is 425 g/mol. The van der Waals surface area contributed by atoms with Crippen LogP contribution in [0.2, 0.25) is 0 Å².